The minimum Gasteiger partial charge on any atom is -0.441 e. The van der Waals surface area contributed by atoms with E-state index in [9.17, 15) is 0 Å². The van der Waals surface area contributed by atoms with Crippen molar-refractivity contribution in [1.29, 1.82) is 0 Å². The first-order chi connectivity index (χ1) is 7.79. The van der Waals surface area contributed by atoms with E-state index in [4.69, 9.17) is 4.42 Å². The number of aromatic nitrogens is 1. The van der Waals surface area contributed by atoms with Gasteiger partial charge in [0.05, 0.1) is 6.20 Å². The van der Waals surface area contributed by atoms with Crippen molar-refractivity contribution in [3.8, 4) is 11.3 Å². The zero-order chi connectivity index (χ0) is 11.4. The standard InChI is InChI=1S/C12H13IN2O/c1-14-6-5-12-15-8-11(16-12)9-3-2-4-10(13)7-9/h2-4,7-8,14H,5-6H2,1H3. The minimum atomic E-state index is 0.781. The first kappa shape index (κ1) is 11.6. The molecule has 0 radical (unpaired) electrons. The summed E-state index contributed by atoms with van der Waals surface area (Å²) in [5.41, 5.74) is 1.08. The highest BCUT2D eigenvalue weighted by molar-refractivity contribution is 14.1. The Balaban J connectivity index is 2.18. The second kappa shape index (κ2) is 5.45. The van der Waals surface area contributed by atoms with Crippen molar-refractivity contribution in [3.63, 3.8) is 0 Å². The third-order valence-corrected chi connectivity index (χ3v) is 2.92. The Bertz CT molecular complexity index is 468. The van der Waals surface area contributed by atoms with Crippen LogP contribution in [-0.2, 0) is 6.42 Å². The molecule has 0 spiro atoms. The molecule has 1 heterocycles. The fourth-order valence-electron chi connectivity index (χ4n) is 1.43. The zero-order valence-electron chi connectivity index (χ0n) is 9.03. The number of halogens is 1. The van der Waals surface area contributed by atoms with Gasteiger partial charge in [-0.25, -0.2) is 4.98 Å². The number of nitrogens with one attached hydrogen (secondary N) is 1. The molecule has 2 rings (SSSR count). The van der Waals surface area contributed by atoms with Crippen molar-refractivity contribution in [3.05, 3.63) is 39.9 Å². The molecule has 0 aliphatic heterocycles. The van der Waals surface area contributed by atoms with Gasteiger partial charge < -0.3 is 9.73 Å². The van der Waals surface area contributed by atoms with E-state index >= 15 is 0 Å². The molecule has 1 aromatic heterocycles. The van der Waals surface area contributed by atoms with Crippen LogP contribution in [0.15, 0.2) is 34.9 Å². The lowest BCUT2D eigenvalue weighted by Crippen LogP contribution is -2.10. The van der Waals surface area contributed by atoms with Crippen LogP contribution in [0.4, 0.5) is 0 Å². The first-order valence-electron chi connectivity index (χ1n) is 5.15. The monoisotopic (exact) mass is 328 g/mol. The molecular formula is C12H13IN2O. The van der Waals surface area contributed by atoms with Gasteiger partial charge in [-0.05, 0) is 41.8 Å². The van der Waals surface area contributed by atoms with Crippen molar-refractivity contribution in [1.82, 2.24) is 10.3 Å². The van der Waals surface area contributed by atoms with Gasteiger partial charge in [-0.2, -0.15) is 0 Å². The van der Waals surface area contributed by atoms with Gasteiger partial charge in [0.25, 0.3) is 0 Å². The molecular weight excluding hydrogens is 315 g/mol. The molecule has 0 atom stereocenters. The second-order valence-electron chi connectivity index (χ2n) is 3.48. The molecule has 16 heavy (non-hydrogen) atoms. The van der Waals surface area contributed by atoms with Crippen LogP contribution in [0.5, 0.6) is 0 Å². The number of benzene rings is 1. The molecule has 2 aromatic rings. The number of likely N-dealkylation sites (N-methyl/N-ethyl adjacent to an activating group) is 1. The van der Waals surface area contributed by atoms with Crippen molar-refractivity contribution in [2.24, 2.45) is 0 Å². The van der Waals surface area contributed by atoms with E-state index in [1.165, 1.54) is 3.57 Å². The van der Waals surface area contributed by atoms with E-state index in [0.29, 0.717) is 0 Å². The molecule has 0 saturated heterocycles. The normalized spacial score (nSPS) is 10.6. The van der Waals surface area contributed by atoms with E-state index in [1.54, 1.807) is 6.20 Å². The number of nitrogens with zero attached hydrogens (tertiary/aromatic N) is 1. The van der Waals surface area contributed by atoms with Crippen molar-refractivity contribution >= 4 is 22.6 Å². The number of hydrogen-bond acceptors (Lipinski definition) is 3. The molecule has 3 nitrogen and oxygen atoms in total. The van der Waals surface area contributed by atoms with Crippen molar-refractivity contribution in [2.45, 2.75) is 6.42 Å². The summed E-state index contributed by atoms with van der Waals surface area (Å²) in [5, 5.41) is 3.07. The van der Waals surface area contributed by atoms with Crippen LogP contribution in [0, 0.1) is 3.57 Å². The second-order valence-corrected chi connectivity index (χ2v) is 4.73. The summed E-state index contributed by atoms with van der Waals surface area (Å²) in [5.74, 6) is 1.62. The van der Waals surface area contributed by atoms with E-state index < -0.39 is 0 Å². The van der Waals surface area contributed by atoms with Crippen LogP contribution >= 0.6 is 22.6 Å². The lowest BCUT2D eigenvalue weighted by atomic mass is 10.2. The lowest BCUT2D eigenvalue weighted by Gasteiger charge is -1.97. The van der Waals surface area contributed by atoms with Crippen LogP contribution in [-0.4, -0.2) is 18.6 Å². The Labute approximate surface area is 108 Å². The quantitative estimate of drug-likeness (QED) is 0.877. The smallest absolute Gasteiger partial charge is 0.196 e. The summed E-state index contributed by atoms with van der Waals surface area (Å²) in [4.78, 5) is 4.25. The van der Waals surface area contributed by atoms with E-state index in [2.05, 4.69) is 45.0 Å². The van der Waals surface area contributed by atoms with E-state index in [-0.39, 0.29) is 0 Å². The number of rotatable bonds is 4. The zero-order valence-corrected chi connectivity index (χ0v) is 11.2. The summed E-state index contributed by atoms with van der Waals surface area (Å²) >= 11 is 2.29. The average Bonchev–Trinajstić information content (AvgIpc) is 2.75. The summed E-state index contributed by atoms with van der Waals surface area (Å²) < 4.78 is 6.87. The molecule has 0 amide bonds. The lowest BCUT2D eigenvalue weighted by molar-refractivity contribution is 0.501. The van der Waals surface area contributed by atoms with Crippen LogP contribution in [0.2, 0.25) is 0 Å². The van der Waals surface area contributed by atoms with Crippen LogP contribution in [0.1, 0.15) is 5.89 Å². The first-order valence-corrected chi connectivity index (χ1v) is 6.22. The highest BCUT2D eigenvalue weighted by Crippen LogP contribution is 2.22. The van der Waals surface area contributed by atoms with Crippen molar-refractivity contribution in [2.75, 3.05) is 13.6 Å². The highest BCUT2D eigenvalue weighted by Gasteiger charge is 2.05. The molecule has 0 saturated carbocycles. The summed E-state index contributed by atoms with van der Waals surface area (Å²) in [6.07, 6.45) is 2.61. The summed E-state index contributed by atoms with van der Waals surface area (Å²) in [6, 6.07) is 8.20. The molecule has 0 aliphatic carbocycles. The summed E-state index contributed by atoms with van der Waals surface area (Å²) in [7, 11) is 1.92. The van der Waals surface area contributed by atoms with Gasteiger partial charge in [0, 0.05) is 22.1 Å². The Hall–Kier alpha value is -0.880. The van der Waals surface area contributed by atoms with Crippen LogP contribution in [0.3, 0.4) is 0 Å². The maximum atomic E-state index is 5.67. The van der Waals surface area contributed by atoms with Gasteiger partial charge in [0.1, 0.15) is 0 Å². The molecule has 0 bridgehead atoms. The predicted octanol–water partition coefficient (Wildman–Crippen LogP) is 2.71. The van der Waals surface area contributed by atoms with Crippen LogP contribution < -0.4 is 5.32 Å². The topological polar surface area (TPSA) is 38.1 Å². The predicted molar refractivity (Wildman–Crippen MR) is 72.3 cm³/mol. The maximum Gasteiger partial charge on any atom is 0.196 e. The molecule has 84 valence electrons. The van der Waals surface area contributed by atoms with Gasteiger partial charge in [-0.3, -0.25) is 0 Å². The van der Waals surface area contributed by atoms with Crippen molar-refractivity contribution < 1.29 is 4.42 Å². The largest absolute Gasteiger partial charge is 0.441 e. The SMILES string of the molecule is CNCCc1ncc(-c2cccc(I)c2)o1. The van der Waals surface area contributed by atoms with Gasteiger partial charge in [0.2, 0.25) is 0 Å². The third kappa shape index (κ3) is 2.82. The van der Waals surface area contributed by atoms with Crippen LogP contribution in [0.25, 0.3) is 11.3 Å². The van der Waals surface area contributed by atoms with Gasteiger partial charge >= 0.3 is 0 Å². The molecule has 0 aliphatic rings. The Morgan fingerprint density at radius 3 is 3.06 bits per heavy atom. The third-order valence-electron chi connectivity index (χ3n) is 2.25. The molecule has 1 aromatic carbocycles. The molecule has 0 fully saturated rings. The fourth-order valence-corrected chi connectivity index (χ4v) is 1.98. The van der Waals surface area contributed by atoms with E-state index in [1.807, 2.05) is 19.2 Å². The Morgan fingerprint density at radius 1 is 1.44 bits per heavy atom. The van der Waals surface area contributed by atoms with E-state index in [0.717, 1.165) is 30.2 Å². The molecule has 0 unspecified atom stereocenters. The number of oxazole rings is 1. The molecule has 1 N–H and O–H groups in total. The average molecular weight is 328 g/mol. The number of hydrogen-bond donors (Lipinski definition) is 1. The highest BCUT2D eigenvalue weighted by atomic mass is 127. The van der Waals surface area contributed by atoms with Gasteiger partial charge in [-0.1, -0.05) is 12.1 Å². The Kier molecular flexibility index (Phi) is 3.95. The van der Waals surface area contributed by atoms with Gasteiger partial charge in [-0.15, -0.1) is 0 Å². The molecule has 4 heteroatoms. The Morgan fingerprint density at radius 2 is 2.31 bits per heavy atom. The summed E-state index contributed by atoms with van der Waals surface area (Å²) in [6.45, 7) is 0.881. The minimum absolute atomic E-state index is 0.781. The van der Waals surface area contributed by atoms with Gasteiger partial charge in [0.15, 0.2) is 11.7 Å². The fraction of sp³-hybridized carbons (Fsp3) is 0.250. The maximum absolute atomic E-state index is 5.67.